The van der Waals surface area contributed by atoms with Crippen LogP contribution in [-0.2, 0) is 14.3 Å². The lowest BCUT2D eigenvalue weighted by atomic mass is 10.0. The molecule has 0 radical (unpaired) electrons. The minimum Gasteiger partial charge on any atom is -0.436 e. The number of hydrogen-bond acceptors (Lipinski definition) is 3. The minimum atomic E-state index is -0.380. The van der Waals surface area contributed by atoms with Crippen molar-refractivity contribution in [2.24, 2.45) is 0 Å². The van der Waals surface area contributed by atoms with Crippen LogP contribution in [0.4, 0.5) is 0 Å². The summed E-state index contributed by atoms with van der Waals surface area (Å²) in [5.41, 5.74) is 1.13. The first kappa shape index (κ1) is 12.0. The van der Waals surface area contributed by atoms with Gasteiger partial charge in [-0.25, -0.2) is 0 Å². The van der Waals surface area contributed by atoms with Gasteiger partial charge >= 0.3 is 5.97 Å². The molecule has 0 spiro atoms. The summed E-state index contributed by atoms with van der Waals surface area (Å²) in [5, 5.41) is 0. The molecule has 1 heterocycles. The van der Waals surface area contributed by atoms with Gasteiger partial charge in [-0.3, -0.25) is 4.79 Å². The smallest absolute Gasteiger partial charge is 0.304 e. The van der Waals surface area contributed by atoms with Crippen LogP contribution >= 0.6 is 0 Å². The number of carbonyl (C=O) groups is 1. The third-order valence-corrected chi connectivity index (χ3v) is 2.41. The molecule has 84 valence electrons. The van der Waals surface area contributed by atoms with Gasteiger partial charge in [0.2, 0.25) is 6.29 Å². The molecular formula is C12H18O3. The molecule has 0 aromatic heterocycles. The summed E-state index contributed by atoms with van der Waals surface area (Å²) in [5.74, 6) is -0.286. The highest BCUT2D eigenvalue weighted by atomic mass is 16.7. The first-order chi connectivity index (χ1) is 7.13. The maximum Gasteiger partial charge on any atom is 0.304 e. The zero-order valence-electron chi connectivity index (χ0n) is 9.36. The molecule has 0 aromatic carbocycles. The van der Waals surface area contributed by atoms with Crippen molar-refractivity contribution >= 4 is 5.97 Å². The van der Waals surface area contributed by atoms with E-state index in [9.17, 15) is 4.79 Å². The molecule has 2 atom stereocenters. The fourth-order valence-electron chi connectivity index (χ4n) is 1.69. The summed E-state index contributed by atoms with van der Waals surface area (Å²) < 4.78 is 10.7. The predicted octanol–water partition coefficient (Wildman–Crippen LogP) is 2.58. The zero-order valence-corrected chi connectivity index (χ0v) is 9.36. The van der Waals surface area contributed by atoms with E-state index in [-0.39, 0.29) is 18.4 Å². The monoisotopic (exact) mass is 210 g/mol. The van der Waals surface area contributed by atoms with Gasteiger partial charge in [0.25, 0.3) is 0 Å². The second kappa shape index (κ2) is 5.71. The largest absolute Gasteiger partial charge is 0.436 e. The van der Waals surface area contributed by atoms with E-state index >= 15 is 0 Å². The zero-order chi connectivity index (χ0) is 11.3. The van der Waals surface area contributed by atoms with E-state index in [1.807, 2.05) is 13.0 Å². The number of allylic oxidation sites excluding steroid dienone is 2. The van der Waals surface area contributed by atoms with E-state index in [4.69, 9.17) is 9.47 Å². The summed E-state index contributed by atoms with van der Waals surface area (Å²) in [7, 11) is 0. The molecule has 3 nitrogen and oxygen atoms in total. The normalized spacial score (nSPS) is 27.2. The van der Waals surface area contributed by atoms with Gasteiger partial charge < -0.3 is 9.47 Å². The lowest BCUT2D eigenvalue weighted by Gasteiger charge is -2.29. The maximum atomic E-state index is 10.8. The summed E-state index contributed by atoms with van der Waals surface area (Å²) in [4.78, 5) is 10.8. The molecule has 15 heavy (non-hydrogen) atoms. The second-order valence-electron chi connectivity index (χ2n) is 3.74. The van der Waals surface area contributed by atoms with Crippen LogP contribution in [0.25, 0.3) is 0 Å². The molecule has 0 N–H and O–H groups in total. The van der Waals surface area contributed by atoms with Crippen LogP contribution in [0, 0.1) is 0 Å². The van der Waals surface area contributed by atoms with Gasteiger partial charge in [-0.2, -0.15) is 0 Å². The molecule has 0 saturated carbocycles. The SMILES string of the molecule is C=CC=C(C)C1CCCC(OC(C)=O)O1. The van der Waals surface area contributed by atoms with Crippen molar-refractivity contribution in [3.05, 3.63) is 24.3 Å². The Morgan fingerprint density at radius 2 is 2.20 bits per heavy atom. The van der Waals surface area contributed by atoms with E-state index < -0.39 is 0 Å². The van der Waals surface area contributed by atoms with E-state index in [0.29, 0.717) is 0 Å². The summed E-state index contributed by atoms with van der Waals surface area (Å²) in [6.45, 7) is 7.05. The molecule has 1 saturated heterocycles. The molecule has 1 aliphatic rings. The molecule has 0 aromatic rings. The van der Waals surface area contributed by atoms with E-state index in [1.54, 1.807) is 6.08 Å². The standard InChI is InChI=1S/C12H18O3/c1-4-6-9(2)11-7-5-8-12(15-11)14-10(3)13/h4,6,11-12H,1,5,7-8H2,2-3H3. The Balaban J connectivity index is 2.52. The van der Waals surface area contributed by atoms with Gasteiger partial charge in [-0.15, -0.1) is 0 Å². The van der Waals surface area contributed by atoms with Crippen LogP contribution in [0.3, 0.4) is 0 Å². The van der Waals surface area contributed by atoms with Crippen molar-refractivity contribution in [2.75, 3.05) is 0 Å². The molecule has 3 heteroatoms. The molecule has 1 fully saturated rings. The average molecular weight is 210 g/mol. The molecule has 0 bridgehead atoms. The third-order valence-electron chi connectivity index (χ3n) is 2.41. The lowest BCUT2D eigenvalue weighted by Crippen LogP contribution is -2.31. The highest BCUT2D eigenvalue weighted by molar-refractivity contribution is 5.66. The average Bonchev–Trinajstić information content (AvgIpc) is 2.17. The van der Waals surface area contributed by atoms with Gasteiger partial charge in [0.05, 0.1) is 6.10 Å². The maximum absolute atomic E-state index is 10.8. The van der Waals surface area contributed by atoms with Crippen molar-refractivity contribution in [2.45, 2.75) is 45.5 Å². The first-order valence-corrected chi connectivity index (χ1v) is 5.25. The Labute approximate surface area is 90.8 Å². The predicted molar refractivity (Wildman–Crippen MR) is 58.2 cm³/mol. The van der Waals surface area contributed by atoms with Gasteiger partial charge in [-0.05, 0) is 25.3 Å². The number of ether oxygens (including phenoxy) is 2. The summed E-state index contributed by atoms with van der Waals surface area (Å²) >= 11 is 0. The van der Waals surface area contributed by atoms with Gasteiger partial charge in [-0.1, -0.05) is 18.7 Å². The van der Waals surface area contributed by atoms with Crippen molar-refractivity contribution < 1.29 is 14.3 Å². The van der Waals surface area contributed by atoms with Crippen LogP contribution in [0.15, 0.2) is 24.3 Å². The van der Waals surface area contributed by atoms with E-state index in [0.717, 1.165) is 24.8 Å². The topological polar surface area (TPSA) is 35.5 Å². The third kappa shape index (κ3) is 3.88. The van der Waals surface area contributed by atoms with Gasteiger partial charge in [0.15, 0.2) is 0 Å². The molecule has 0 aliphatic carbocycles. The minimum absolute atomic E-state index is 0.0566. The van der Waals surface area contributed by atoms with Crippen molar-refractivity contribution in [3.63, 3.8) is 0 Å². The van der Waals surface area contributed by atoms with Crippen molar-refractivity contribution in [1.29, 1.82) is 0 Å². The second-order valence-corrected chi connectivity index (χ2v) is 3.74. The Morgan fingerprint density at radius 3 is 2.80 bits per heavy atom. The first-order valence-electron chi connectivity index (χ1n) is 5.25. The van der Waals surface area contributed by atoms with Crippen molar-refractivity contribution in [1.82, 2.24) is 0 Å². The Hall–Kier alpha value is -1.09. The molecule has 1 rings (SSSR count). The number of carbonyl (C=O) groups excluding carboxylic acids is 1. The Morgan fingerprint density at radius 1 is 1.47 bits per heavy atom. The van der Waals surface area contributed by atoms with Crippen LogP contribution in [0.1, 0.15) is 33.1 Å². The molecule has 1 aliphatic heterocycles. The van der Waals surface area contributed by atoms with Gasteiger partial charge in [0.1, 0.15) is 0 Å². The Bertz CT molecular complexity index is 268. The molecule has 0 amide bonds. The van der Waals surface area contributed by atoms with Gasteiger partial charge in [0, 0.05) is 13.3 Å². The highest BCUT2D eigenvalue weighted by Crippen LogP contribution is 2.24. The Kier molecular flexibility index (Phi) is 4.56. The van der Waals surface area contributed by atoms with Crippen LogP contribution in [-0.4, -0.2) is 18.4 Å². The van der Waals surface area contributed by atoms with E-state index in [2.05, 4.69) is 6.58 Å². The number of hydrogen-bond donors (Lipinski definition) is 0. The quantitative estimate of drug-likeness (QED) is 0.530. The molecular weight excluding hydrogens is 192 g/mol. The highest BCUT2D eigenvalue weighted by Gasteiger charge is 2.24. The van der Waals surface area contributed by atoms with Crippen LogP contribution < -0.4 is 0 Å². The number of rotatable bonds is 3. The molecule has 2 unspecified atom stereocenters. The summed E-state index contributed by atoms with van der Waals surface area (Å²) in [6, 6.07) is 0. The number of esters is 1. The fourth-order valence-corrected chi connectivity index (χ4v) is 1.69. The van der Waals surface area contributed by atoms with E-state index in [1.165, 1.54) is 6.92 Å². The van der Waals surface area contributed by atoms with Crippen molar-refractivity contribution in [3.8, 4) is 0 Å². The summed E-state index contributed by atoms with van der Waals surface area (Å²) in [6.07, 6.45) is 6.14. The lowest BCUT2D eigenvalue weighted by molar-refractivity contribution is -0.195. The van der Waals surface area contributed by atoms with Crippen LogP contribution in [0.5, 0.6) is 0 Å². The fraction of sp³-hybridized carbons (Fsp3) is 0.583. The van der Waals surface area contributed by atoms with Crippen LogP contribution in [0.2, 0.25) is 0 Å².